The highest BCUT2D eigenvalue weighted by Gasteiger charge is 2.23. The minimum absolute atomic E-state index is 0.203. The molecule has 33 heavy (non-hydrogen) atoms. The molecule has 1 atom stereocenters. The number of pyridine rings is 1. The number of hydrogen-bond acceptors (Lipinski definition) is 4. The summed E-state index contributed by atoms with van der Waals surface area (Å²) in [5, 5.41) is 3.65. The number of halogens is 4. The number of aromatic nitrogens is 3. The number of imidazole rings is 1. The van der Waals surface area contributed by atoms with E-state index in [4.69, 9.17) is 23.2 Å². The second kappa shape index (κ2) is 11.0. The Hall–Kier alpha value is -2.61. The van der Waals surface area contributed by atoms with Gasteiger partial charge in [0.15, 0.2) is 0 Å². The third-order valence-electron chi connectivity index (χ3n) is 4.93. The zero-order chi connectivity index (χ0) is 23.2. The van der Waals surface area contributed by atoms with Gasteiger partial charge in [0, 0.05) is 47.2 Å². The fourth-order valence-electron chi connectivity index (χ4n) is 3.31. The zero-order valence-electron chi connectivity index (χ0n) is 17.4. The minimum Gasteiger partial charge on any atom is -0.370 e. The molecular formula is C24H20Cl2F2N4S. The SMILES string of the molecule is Fc1ccc(F)c(C(Sc2ccc(Cl)cc2)c2cc(NCCCn3ccnc3)ncc2Cl)c1. The molecule has 0 radical (unpaired) electrons. The van der Waals surface area contributed by atoms with Crippen molar-refractivity contribution in [2.45, 2.75) is 23.1 Å². The van der Waals surface area contributed by atoms with Gasteiger partial charge in [-0.05, 0) is 60.5 Å². The van der Waals surface area contributed by atoms with Gasteiger partial charge in [-0.25, -0.2) is 18.7 Å². The van der Waals surface area contributed by atoms with Crippen molar-refractivity contribution < 1.29 is 8.78 Å². The number of nitrogens with one attached hydrogen (secondary N) is 1. The second-order valence-electron chi connectivity index (χ2n) is 7.29. The van der Waals surface area contributed by atoms with Gasteiger partial charge >= 0.3 is 0 Å². The zero-order valence-corrected chi connectivity index (χ0v) is 19.7. The van der Waals surface area contributed by atoms with Gasteiger partial charge in [-0.15, -0.1) is 11.8 Å². The second-order valence-corrected chi connectivity index (χ2v) is 9.31. The largest absolute Gasteiger partial charge is 0.370 e. The Kier molecular flexibility index (Phi) is 7.85. The Morgan fingerprint density at radius 1 is 1.03 bits per heavy atom. The van der Waals surface area contributed by atoms with Crippen LogP contribution in [0.3, 0.4) is 0 Å². The van der Waals surface area contributed by atoms with Crippen LogP contribution in [0.15, 0.2) is 78.3 Å². The van der Waals surface area contributed by atoms with Crippen LogP contribution in [0, 0.1) is 11.6 Å². The van der Waals surface area contributed by atoms with Gasteiger partial charge in [-0.3, -0.25) is 0 Å². The van der Waals surface area contributed by atoms with E-state index in [1.165, 1.54) is 24.0 Å². The van der Waals surface area contributed by atoms with Gasteiger partial charge in [0.1, 0.15) is 17.5 Å². The van der Waals surface area contributed by atoms with Crippen molar-refractivity contribution in [3.8, 4) is 0 Å². The first kappa shape index (κ1) is 23.5. The van der Waals surface area contributed by atoms with Crippen molar-refractivity contribution in [2.75, 3.05) is 11.9 Å². The monoisotopic (exact) mass is 504 g/mol. The molecule has 4 rings (SSSR count). The normalized spacial score (nSPS) is 12.0. The molecule has 0 aliphatic rings. The summed E-state index contributed by atoms with van der Waals surface area (Å²) in [7, 11) is 0. The molecule has 2 aromatic heterocycles. The van der Waals surface area contributed by atoms with Crippen LogP contribution in [0.4, 0.5) is 14.6 Å². The van der Waals surface area contributed by atoms with Crippen LogP contribution in [0.25, 0.3) is 0 Å². The maximum absolute atomic E-state index is 14.8. The highest BCUT2D eigenvalue weighted by molar-refractivity contribution is 7.99. The number of hydrogen-bond donors (Lipinski definition) is 1. The Labute approximate surface area is 205 Å². The van der Waals surface area contributed by atoms with E-state index in [1.54, 1.807) is 30.7 Å². The van der Waals surface area contributed by atoms with Crippen molar-refractivity contribution in [3.63, 3.8) is 0 Å². The molecule has 0 aliphatic heterocycles. The lowest BCUT2D eigenvalue weighted by Gasteiger charge is -2.20. The van der Waals surface area contributed by atoms with Crippen LogP contribution in [0.2, 0.25) is 10.0 Å². The van der Waals surface area contributed by atoms with Crippen LogP contribution < -0.4 is 5.32 Å². The van der Waals surface area contributed by atoms with Crippen molar-refractivity contribution >= 4 is 40.8 Å². The first-order valence-corrected chi connectivity index (χ1v) is 11.9. The molecule has 2 aromatic carbocycles. The number of anilines is 1. The highest BCUT2D eigenvalue weighted by Crippen LogP contribution is 2.44. The topological polar surface area (TPSA) is 42.7 Å². The third kappa shape index (κ3) is 6.25. The molecule has 0 aliphatic carbocycles. The summed E-state index contributed by atoms with van der Waals surface area (Å²) in [6, 6.07) is 12.4. The summed E-state index contributed by atoms with van der Waals surface area (Å²) >= 11 is 13.9. The van der Waals surface area contributed by atoms with E-state index in [-0.39, 0.29) is 5.56 Å². The lowest BCUT2D eigenvalue weighted by Crippen LogP contribution is -2.08. The summed E-state index contributed by atoms with van der Waals surface area (Å²) in [5.74, 6) is -0.416. The first-order chi connectivity index (χ1) is 16.0. The maximum atomic E-state index is 14.8. The van der Waals surface area contributed by atoms with Crippen LogP contribution >= 0.6 is 35.0 Å². The number of nitrogens with zero attached hydrogens (tertiary/aromatic N) is 3. The fourth-order valence-corrected chi connectivity index (χ4v) is 4.91. The molecule has 1 N–H and O–H groups in total. The predicted molar refractivity (Wildman–Crippen MR) is 130 cm³/mol. The molecule has 4 nitrogen and oxygen atoms in total. The van der Waals surface area contributed by atoms with E-state index in [1.807, 2.05) is 22.9 Å². The number of aryl methyl sites for hydroxylation is 1. The molecule has 0 saturated heterocycles. The van der Waals surface area contributed by atoms with Crippen LogP contribution in [0.5, 0.6) is 0 Å². The Bertz CT molecular complexity index is 1200. The number of thioether (sulfide) groups is 1. The molecule has 0 spiro atoms. The average molecular weight is 505 g/mol. The molecule has 2 heterocycles. The summed E-state index contributed by atoms with van der Waals surface area (Å²) in [5.41, 5.74) is 0.835. The van der Waals surface area contributed by atoms with Gasteiger partial charge in [0.25, 0.3) is 0 Å². The van der Waals surface area contributed by atoms with Gasteiger partial charge in [-0.2, -0.15) is 0 Å². The average Bonchev–Trinajstić information content (AvgIpc) is 3.33. The smallest absolute Gasteiger partial charge is 0.128 e. The van der Waals surface area contributed by atoms with Gasteiger partial charge in [0.2, 0.25) is 0 Å². The maximum Gasteiger partial charge on any atom is 0.128 e. The third-order valence-corrected chi connectivity index (χ3v) is 6.79. The van der Waals surface area contributed by atoms with Crippen LogP contribution in [0.1, 0.15) is 22.8 Å². The Morgan fingerprint density at radius 3 is 2.61 bits per heavy atom. The van der Waals surface area contributed by atoms with E-state index in [2.05, 4.69) is 15.3 Å². The van der Waals surface area contributed by atoms with E-state index in [9.17, 15) is 8.78 Å². The van der Waals surface area contributed by atoms with E-state index in [0.29, 0.717) is 28.0 Å². The Morgan fingerprint density at radius 2 is 1.85 bits per heavy atom. The molecule has 0 saturated carbocycles. The van der Waals surface area contributed by atoms with Crippen molar-refractivity contribution in [2.24, 2.45) is 0 Å². The summed E-state index contributed by atoms with van der Waals surface area (Å²) in [6.07, 6.45) is 7.80. The lowest BCUT2D eigenvalue weighted by atomic mass is 10.0. The molecule has 0 amide bonds. The van der Waals surface area contributed by atoms with Crippen LogP contribution in [-0.4, -0.2) is 21.1 Å². The summed E-state index contributed by atoms with van der Waals surface area (Å²) < 4.78 is 30.9. The minimum atomic E-state index is -0.594. The van der Waals surface area contributed by atoms with Gasteiger partial charge in [-0.1, -0.05) is 23.2 Å². The Balaban J connectivity index is 1.60. The lowest BCUT2D eigenvalue weighted by molar-refractivity contribution is 0.587. The van der Waals surface area contributed by atoms with Crippen molar-refractivity contribution in [1.82, 2.24) is 14.5 Å². The van der Waals surface area contributed by atoms with Gasteiger partial charge < -0.3 is 9.88 Å². The predicted octanol–water partition coefficient (Wildman–Crippen LogP) is 7.25. The molecule has 1 unspecified atom stereocenters. The van der Waals surface area contributed by atoms with Gasteiger partial charge in [0.05, 0.1) is 16.6 Å². The molecule has 9 heteroatoms. The van der Waals surface area contributed by atoms with Crippen LogP contribution in [-0.2, 0) is 6.54 Å². The highest BCUT2D eigenvalue weighted by atomic mass is 35.5. The van der Waals surface area contributed by atoms with E-state index in [0.717, 1.165) is 30.0 Å². The number of benzene rings is 2. The molecule has 4 aromatic rings. The van der Waals surface area contributed by atoms with E-state index < -0.39 is 16.9 Å². The fraction of sp³-hybridized carbons (Fsp3) is 0.167. The first-order valence-electron chi connectivity index (χ1n) is 10.2. The number of rotatable bonds is 9. The van der Waals surface area contributed by atoms with Crippen molar-refractivity contribution in [3.05, 3.63) is 106 Å². The molecule has 0 bridgehead atoms. The summed E-state index contributed by atoms with van der Waals surface area (Å²) in [6.45, 7) is 1.49. The molecule has 170 valence electrons. The summed E-state index contributed by atoms with van der Waals surface area (Å²) in [4.78, 5) is 9.22. The molecular weight excluding hydrogens is 485 g/mol. The molecule has 0 fully saturated rings. The van der Waals surface area contributed by atoms with E-state index >= 15 is 0 Å². The van der Waals surface area contributed by atoms with Crippen molar-refractivity contribution in [1.29, 1.82) is 0 Å². The quantitative estimate of drug-likeness (QED) is 0.192. The standard InChI is InChI=1S/C24H20Cl2F2N4S/c25-16-2-5-18(6-3-16)33-24(20-12-17(27)4-7-22(20)28)19-13-23(31-14-21(19)26)30-8-1-10-32-11-9-29-15-32/h2-7,9,11-15,24H,1,8,10H2,(H,30,31).